The second-order valence-electron chi connectivity index (χ2n) is 3.73. The summed E-state index contributed by atoms with van der Waals surface area (Å²) >= 11 is 1.58. The van der Waals surface area contributed by atoms with Crippen molar-refractivity contribution in [3.63, 3.8) is 0 Å². The average Bonchev–Trinajstić information content (AvgIpc) is 2.44. The zero-order valence-electron chi connectivity index (χ0n) is 10.8. The van der Waals surface area contributed by atoms with Gasteiger partial charge in [0.25, 0.3) is 0 Å². The normalized spacial score (nSPS) is 13.4. The van der Waals surface area contributed by atoms with Crippen LogP contribution in [0.2, 0.25) is 0 Å². The van der Waals surface area contributed by atoms with Gasteiger partial charge in [0.2, 0.25) is 6.41 Å². The molecule has 0 bridgehead atoms. The fourth-order valence-corrected chi connectivity index (χ4v) is 2.00. The van der Waals surface area contributed by atoms with Crippen LogP contribution in [-0.2, 0) is 14.3 Å². The molecule has 0 radical (unpaired) electrons. The lowest BCUT2D eigenvalue weighted by atomic mass is 10.0. The van der Waals surface area contributed by atoms with Crippen molar-refractivity contribution in [3.8, 4) is 0 Å². The number of benzene rings is 1. The molecule has 2 N–H and O–H groups in total. The van der Waals surface area contributed by atoms with Gasteiger partial charge in [-0.25, -0.2) is 4.79 Å². The minimum atomic E-state index is -1.14. The Hall–Kier alpha value is -1.53. The van der Waals surface area contributed by atoms with Crippen molar-refractivity contribution in [2.75, 3.05) is 12.9 Å². The third-order valence-corrected chi connectivity index (χ3v) is 3.30. The number of amides is 1. The zero-order chi connectivity index (χ0) is 14.3. The lowest BCUT2D eigenvalue weighted by Gasteiger charge is -2.21. The molecule has 1 aromatic rings. The molecule has 104 valence electrons. The summed E-state index contributed by atoms with van der Waals surface area (Å²) in [4.78, 5) is 23.2. The van der Waals surface area contributed by atoms with Crippen LogP contribution in [0.1, 0.15) is 18.6 Å². The smallest absolute Gasteiger partial charge is 0.331 e. The number of aliphatic hydroxyl groups excluding tert-OH is 1. The molecule has 1 amide bonds. The Morgan fingerprint density at radius 3 is 2.58 bits per heavy atom. The average molecular weight is 283 g/mol. The number of rotatable bonds is 7. The minimum Gasteiger partial charge on any atom is -0.464 e. The Balaban J connectivity index is 2.87. The lowest BCUT2D eigenvalue weighted by molar-refractivity contribution is -0.149. The van der Waals surface area contributed by atoms with Crippen LogP contribution < -0.4 is 5.32 Å². The molecule has 0 saturated carbocycles. The number of aliphatic hydroxyl groups is 1. The minimum absolute atomic E-state index is 0.188. The van der Waals surface area contributed by atoms with Gasteiger partial charge in [0.15, 0.2) is 6.04 Å². The summed E-state index contributed by atoms with van der Waals surface area (Å²) in [6, 6.07) is 6.01. The number of hydrogen-bond acceptors (Lipinski definition) is 5. The molecule has 0 aliphatic heterocycles. The molecule has 0 saturated heterocycles. The molecule has 0 aliphatic rings. The summed E-state index contributed by atoms with van der Waals surface area (Å²) in [5, 5.41) is 12.4. The van der Waals surface area contributed by atoms with Crippen molar-refractivity contribution in [1.82, 2.24) is 5.32 Å². The van der Waals surface area contributed by atoms with Gasteiger partial charge in [0, 0.05) is 4.90 Å². The maximum Gasteiger partial charge on any atom is 0.331 e. The van der Waals surface area contributed by atoms with Crippen LogP contribution in [0.25, 0.3) is 0 Å². The largest absolute Gasteiger partial charge is 0.464 e. The number of carbonyl (C=O) groups is 2. The van der Waals surface area contributed by atoms with E-state index < -0.39 is 18.1 Å². The number of carbonyl (C=O) groups excluding carboxylic acids is 2. The fourth-order valence-electron chi connectivity index (χ4n) is 1.59. The van der Waals surface area contributed by atoms with Crippen molar-refractivity contribution >= 4 is 24.1 Å². The van der Waals surface area contributed by atoms with E-state index in [1.54, 1.807) is 30.8 Å². The molecule has 1 aromatic carbocycles. The first-order valence-electron chi connectivity index (χ1n) is 5.82. The van der Waals surface area contributed by atoms with E-state index in [0.29, 0.717) is 12.0 Å². The Morgan fingerprint density at radius 1 is 1.47 bits per heavy atom. The van der Waals surface area contributed by atoms with Crippen molar-refractivity contribution in [2.24, 2.45) is 0 Å². The van der Waals surface area contributed by atoms with Crippen LogP contribution in [0, 0.1) is 0 Å². The van der Waals surface area contributed by atoms with E-state index >= 15 is 0 Å². The van der Waals surface area contributed by atoms with E-state index in [4.69, 9.17) is 4.74 Å². The van der Waals surface area contributed by atoms with E-state index in [9.17, 15) is 14.7 Å². The first-order valence-corrected chi connectivity index (χ1v) is 7.04. The molecule has 0 heterocycles. The maximum absolute atomic E-state index is 11.7. The van der Waals surface area contributed by atoms with Crippen LogP contribution >= 0.6 is 11.8 Å². The lowest BCUT2D eigenvalue weighted by Crippen LogP contribution is -2.42. The van der Waals surface area contributed by atoms with E-state index in [1.807, 2.05) is 18.4 Å². The summed E-state index contributed by atoms with van der Waals surface area (Å²) < 4.78 is 4.82. The molecule has 2 atom stereocenters. The van der Waals surface area contributed by atoms with Gasteiger partial charge < -0.3 is 15.2 Å². The van der Waals surface area contributed by atoms with Gasteiger partial charge >= 0.3 is 5.97 Å². The van der Waals surface area contributed by atoms with Gasteiger partial charge in [-0.2, -0.15) is 0 Å². The van der Waals surface area contributed by atoms with Crippen molar-refractivity contribution < 1.29 is 19.4 Å². The first-order chi connectivity index (χ1) is 9.13. The highest BCUT2D eigenvalue weighted by atomic mass is 32.2. The molecular weight excluding hydrogens is 266 g/mol. The number of thioether (sulfide) groups is 1. The number of nitrogens with one attached hydrogen (secondary N) is 1. The third kappa shape index (κ3) is 4.25. The molecule has 0 fully saturated rings. The predicted molar refractivity (Wildman–Crippen MR) is 72.8 cm³/mol. The Kier molecular flexibility index (Phi) is 6.38. The topological polar surface area (TPSA) is 75.6 Å². The predicted octanol–water partition coefficient (Wildman–Crippen LogP) is 1.12. The van der Waals surface area contributed by atoms with Gasteiger partial charge in [0.05, 0.1) is 6.61 Å². The zero-order valence-corrected chi connectivity index (χ0v) is 11.6. The molecule has 5 nitrogen and oxygen atoms in total. The third-order valence-electron chi connectivity index (χ3n) is 2.56. The standard InChI is InChI=1S/C13H17NO4S/c1-3-18-13(17)11(14-8-15)12(16)9-4-6-10(19-2)7-5-9/h4-8,11-12,16H,3H2,1-2H3,(H,14,15). The van der Waals surface area contributed by atoms with E-state index in [1.165, 1.54) is 0 Å². The second kappa shape index (κ2) is 7.81. The van der Waals surface area contributed by atoms with E-state index in [2.05, 4.69) is 5.32 Å². The molecule has 0 spiro atoms. The molecule has 0 aromatic heterocycles. The van der Waals surface area contributed by atoms with Crippen molar-refractivity contribution in [3.05, 3.63) is 29.8 Å². The Labute approximate surface area is 116 Å². The highest BCUT2D eigenvalue weighted by Gasteiger charge is 2.28. The van der Waals surface area contributed by atoms with Crippen LogP contribution in [0.5, 0.6) is 0 Å². The van der Waals surface area contributed by atoms with Crippen molar-refractivity contribution in [1.29, 1.82) is 0 Å². The number of esters is 1. The summed E-state index contributed by atoms with van der Waals surface area (Å²) in [7, 11) is 0. The second-order valence-corrected chi connectivity index (χ2v) is 4.61. The van der Waals surface area contributed by atoms with Gasteiger partial charge in [-0.1, -0.05) is 12.1 Å². The summed E-state index contributed by atoms with van der Waals surface area (Å²) in [6.45, 7) is 1.85. The van der Waals surface area contributed by atoms with E-state index in [-0.39, 0.29) is 6.61 Å². The highest BCUT2D eigenvalue weighted by molar-refractivity contribution is 7.98. The molecule has 2 unspecified atom stereocenters. The van der Waals surface area contributed by atoms with Gasteiger partial charge in [0.1, 0.15) is 6.10 Å². The quantitative estimate of drug-likeness (QED) is 0.445. The van der Waals surface area contributed by atoms with Gasteiger partial charge in [-0.15, -0.1) is 11.8 Å². The van der Waals surface area contributed by atoms with Crippen LogP contribution in [0.4, 0.5) is 0 Å². The number of ether oxygens (including phenoxy) is 1. The van der Waals surface area contributed by atoms with Gasteiger partial charge in [-0.05, 0) is 30.9 Å². The van der Waals surface area contributed by atoms with Crippen molar-refractivity contribution in [2.45, 2.75) is 24.0 Å². The summed E-state index contributed by atoms with van der Waals surface area (Å²) in [6.07, 6.45) is 1.18. The maximum atomic E-state index is 11.7. The molecule has 6 heteroatoms. The summed E-state index contributed by atoms with van der Waals surface area (Å²) in [5.74, 6) is -0.656. The van der Waals surface area contributed by atoms with Gasteiger partial charge in [-0.3, -0.25) is 4.79 Å². The molecule has 19 heavy (non-hydrogen) atoms. The Morgan fingerprint density at radius 2 is 2.11 bits per heavy atom. The summed E-state index contributed by atoms with van der Waals surface area (Å²) in [5.41, 5.74) is 0.546. The monoisotopic (exact) mass is 283 g/mol. The van der Waals surface area contributed by atoms with E-state index in [0.717, 1.165) is 4.90 Å². The molecular formula is C13H17NO4S. The SMILES string of the molecule is CCOC(=O)C(NC=O)C(O)c1ccc(SC)cc1. The number of hydrogen-bond donors (Lipinski definition) is 2. The first kappa shape index (κ1) is 15.5. The Bertz CT molecular complexity index is 421. The van der Waals surface area contributed by atoms with Crippen LogP contribution in [0.3, 0.4) is 0 Å². The molecule has 0 aliphatic carbocycles. The van der Waals surface area contributed by atoms with Crippen LogP contribution in [-0.4, -0.2) is 36.4 Å². The van der Waals surface area contributed by atoms with Crippen LogP contribution in [0.15, 0.2) is 29.2 Å². The fraction of sp³-hybridized carbons (Fsp3) is 0.385. The molecule has 1 rings (SSSR count). The highest BCUT2D eigenvalue weighted by Crippen LogP contribution is 2.21.